The fourth-order valence-electron chi connectivity index (χ4n) is 2.06. The highest BCUT2D eigenvalue weighted by atomic mass is 35.5. The van der Waals surface area contributed by atoms with Crippen LogP contribution in [0.1, 0.15) is 12.5 Å². The van der Waals surface area contributed by atoms with Crippen molar-refractivity contribution >= 4 is 28.9 Å². The number of nitrogens with one attached hydrogen (secondary N) is 1. The second-order valence-electron chi connectivity index (χ2n) is 5.06. The molecule has 0 aliphatic carbocycles. The second kappa shape index (κ2) is 6.64. The maximum atomic E-state index is 12.4. The first-order valence-corrected chi connectivity index (χ1v) is 7.22. The van der Waals surface area contributed by atoms with Crippen molar-refractivity contribution in [1.82, 2.24) is 0 Å². The number of hydrogen-bond donors (Lipinski definition) is 1. The molecule has 1 atom stereocenters. The zero-order chi connectivity index (χ0) is 15.4. The summed E-state index contributed by atoms with van der Waals surface area (Å²) in [5.41, 5.74) is 2.73. The summed E-state index contributed by atoms with van der Waals surface area (Å²) in [5, 5.41) is 3.88. The number of aryl methyl sites for hydroxylation is 1. The van der Waals surface area contributed by atoms with Crippen molar-refractivity contribution in [2.45, 2.75) is 19.9 Å². The minimum absolute atomic E-state index is 0.00195. The molecule has 0 heterocycles. The maximum Gasteiger partial charge on any atom is 0.248 e. The van der Waals surface area contributed by atoms with Crippen LogP contribution in [0.15, 0.2) is 48.5 Å². The van der Waals surface area contributed by atoms with E-state index in [4.69, 9.17) is 11.6 Å². The highest BCUT2D eigenvalue weighted by Crippen LogP contribution is 2.21. The lowest BCUT2D eigenvalue weighted by Crippen LogP contribution is -2.39. The largest absolute Gasteiger partial charge is 0.374 e. The number of halogens is 1. The Morgan fingerprint density at radius 3 is 2.48 bits per heavy atom. The van der Waals surface area contributed by atoms with Gasteiger partial charge in [-0.05, 0) is 43.7 Å². The number of para-hydroxylation sites is 1. The normalized spacial score (nSPS) is 11.8. The summed E-state index contributed by atoms with van der Waals surface area (Å²) in [4.78, 5) is 14.1. The molecule has 0 fully saturated rings. The fraction of sp³-hybridized carbons (Fsp3) is 0.235. The van der Waals surface area contributed by atoms with Gasteiger partial charge in [0.1, 0.15) is 6.04 Å². The summed E-state index contributed by atoms with van der Waals surface area (Å²) < 4.78 is 0. The van der Waals surface area contributed by atoms with Gasteiger partial charge in [-0.1, -0.05) is 35.9 Å². The lowest BCUT2D eigenvalue weighted by atomic mass is 10.2. The summed E-state index contributed by atoms with van der Waals surface area (Å²) >= 11 is 6.10. The molecule has 0 saturated heterocycles. The number of hydrogen-bond acceptors (Lipinski definition) is 2. The van der Waals surface area contributed by atoms with Gasteiger partial charge in [0.15, 0.2) is 0 Å². The molecule has 0 unspecified atom stereocenters. The Morgan fingerprint density at radius 1 is 1.19 bits per heavy atom. The van der Waals surface area contributed by atoms with Crippen LogP contribution in [-0.4, -0.2) is 19.0 Å². The molecule has 2 rings (SSSR count). The quantitative estimate of drug-likeness (QED) is 0.921. The molecule has 0 aliphatic heterocycles. The van der Waals surface area contributed by atoms with Crippen LogP contribution in [0.3, 0.4) is 0 Å². The molecule has 2 aromatic rings. The number of amides is 1. The lowest BCUT2D eigenvalue weighted by molar-refractivity contribution is -0.118. The van der Waals surface area contributed by atoms with Gasteiger partial charge in [-0.3, -0.25) is 4.79 Å². The minimum Gasteiger partial charge on any atom is -0.374 e. The van der Waals surface area contributed by atoms with E-state index >= 15 is 0 Å². The molecule has 4 heteroatoms. The maximum absolute atomic E-state index is 12.4. The molecule has 2 aromatic carbocycles. The Labute approximate surface area is 130 Å². The number of likely N-dealkylation sites (N-methyl/N-ethyl adjacent to an activating group) is 1. The Kier molecular flexibility index (Phi) is 4.86. The van der Waals surface area contributed by atoms with Crippen LogP contribution < -0.4 is 10.2 Å². The van der Waals surface area contributed by atoms with Crippen LogP contribution in [0.5, 0.6) is 0 Å². The number of nitrogens with zero attached hydrogens (tertiary/aromatic N) is 1. The van der Waals surface area contributed by atoms with E-state index in [2.05, 4.69) is 5.32 Å². The molecule has 21 heavy (non-hydrogen) atoms. The first-order chi connectivity index (χ1) is 9.99. The predicted molar refractivity (Wildman–Crippen MR) is 89.1 cm³/mol. The Hall–Kier alpha value is -2.00. The van der Waals surface area contributed by atoms with Crippen LogP contribution >= 0.6 is 11.6 Å². The summed E-state index contributed by atoms with van der Waals surface area (Å²) in [6, 6.07) is 14.9. The van der Waals surface area contributed by atoms with E-state index in [1.807, 2.05) is 62.4 Å². The van der Waals surface area contributed by atoms with Crippen molar-refractivity contribution in [3.8, 4) is 0 Å². The number of carbonyl (C=O) groups excluding carboxylic acids is 1. The van der Waals surface area contributed by atoms with Crippen molar-refractivity contribution in [2.24, 2.45) is 0 Å². The number of rotatable bonds is 4. The average molecular weight is 303 g/mol. The average Bonchev–Trinajstić information content (AvgIpc) is 2.50. The molecule has 0 aromatic heterocycles. The third kappa shape index (κ3) is 3.76. The van der Waals surface area contributed by atoms with E-state index in [1.165, 1.54) is 0 Å². The Morgan fingerprint density at radius 2 is 1.86 bits per heavy atom. The predicted octanol–water partition coefficient (Wildman–Crippen LogP) is 4.11. The van der Waals surface area contributed by atoms with Crippen LogP contribution in [0.2, 0.25) is 5.02 Å². The molecule has 1 N–H and O–H groups in total. The minimum atomic E-state index is -0.339. The topological polar surface area (TPSA) is 32.3 Å². The van der Waals surface area contributed by atoms with E-state index in [1.54, 1.807) is 11.9 Å². The van der Waals surface area contributed by atoms with E-state index < -0.39 is 0 Å². The van der Waals surface area contributed by atoms with E-state index in [9.17, 15) is 4.79 Å². The van der Waals surface area contributed by atoms with E-state index in [0.717, 1.165) is 16.9 Å². The SMILES string of the molecule is Cc1ccc(N[C@H](C)C(=O)N(C)c2ccccc2)cc1Cl. The van der Waals surface area contributed by atoms with Gasteiger partial charge in [0, 0.05) is 23.4 Å². The van der Waals surface area contributed by atoms with E-state index in [0.29, 0.717) is 5.02 Å². The van der Waals surface area contributed by atoms with Crippen molar-refractivity contribution in [3.63, 3.8) is 0 Å². The van der Waals surface area contributed by atoms with Gasteiger partial charge in [0.05, 0.1) is 0 Å². The highest BCUT2D eigenvalue weighted by molar-refractivity contribution is 6.31. The fourth-order valence-corrected chi connectivity index (χ4v) is 2.24. The third-order valence-corrected chi connectivity index (χ3v) is 3.81. The first kappa shape index (κ1) is 15.4. The standard InChI is InChI=1S/C17H19ClN2O/c1-12-9-10-14(11-16(12)18)19-13(2)17(21)20(3)15-7-5-4-6-8-15/h4-11,13,19H,1-3H3/t13-/m1/s1. The van der Waals surface area contributed by atoms with Crippen LogP contribution in [0.4, 0.5) is 11.4 Å². The van der Waals surface area contributed by atoms with Crippen molar-refractivity contribution < 1.29 is 4.79 Å². The molecular formula is C17H19ClN2O. The third-order valence-electron chi connectivity index (χ3n) is 3.40. The molecular weight excluding hydrogens is 284 g/mol. The van der Waals surface area contributed by atoms with Crippen molar-refractivity contribution in [2.75, 3.05) is 17.3 Å². The van der Waals surface area contributed by atoms with Gasteiger partial charge >= 0.3 is 0 Å². The van der Waals surface area contributed by atoms with Gasteiger partial charge in [0.2, 0.25) is 5.91 Å². The molecule has 110 valence electrons. The monoisotopic (exact) mass is 302 g/mol. The summed E-state index contributed by atoms with van der Waals surface area (Å²) in [5.74, 6) is -0.00195. The van der Waals surface area contributed by atoms with E-state index in [-0.39, 0.29) is 11.9 Å². The summed E-state index contributed by atoms with van der Waals surface area (Å²) in [6.45, 7) is 3.79. The van der Waals surface area contributed by atoms with Crippen molar-refractivity contribution in [3.05, 3.63) is 59.1 Å². The molecule has 0 aliphatic rings. The smallest absolute Gasteiger partial charge is 0.248 e. The Balaban J connectivity index is 2.07. The van der Waals surface area contributed by atoms with Gasteiger partial charge in [-0.15, -0.1) is 0 Å². The second-order valence-corrected chi connectivity index (χ2v) is 5.47. The van der Waals surface area contributed by atoms with Gasteiger partial charge < -0.3 is 10.2 Å². The number of benzene rings is 2. The van der Waals surface area contributed by atoms with Crippen LogP contribution in [0, 0.1) is 6.92 Å². The highest BCUT2D eigenvalue weighted by Gasteiger charge is 2.18. The molecule has 1 amide bonds. The Bertz CT molecular complexity index is 628. The molecule has 0 radical (unpaired) electrons. The lowest BCUT2D eigenvalue weighted by Gasteiger charge is -2.23. The zero-order valence-corrected chi connectivity index (χ0v) is 13.2. The molecule has 3 nitrogen and oxygen atoms in total. The van der Waals surface area contributed by atoms with Crippen molar-refractivity contribution in [1.29, 1.82) is 0 Å². The molecule has 0 spiro atoms. The molecule has 0 saturated carbocycles. The molecule has 0 bridgehead atoms. The summed E-state index contributed by atoms with van der Waals surface area (Å²) in [7, 11) is 1.78. The number of anilines is 2. The van der Waals surface area contributed by atoms with Gasteiger partial charge in [-0.25, -0.2) is 0 Å². The van der Waals surface area contributed by atoms with Crippen LogP contribution in [-0.2, 0) is 4.79 Å². The zero-order valence-electron chi connectivity index (χ0n) is 12.4. The van der Waals surface area contributed by atoms with Gasteiger partial charge in [0.25, 0.3) is 0 Å². The first-order valence-electron chi connectivity index (χ1n) is 6.84. The van der Waals surface area contributed by atoms with Gasteiger partial charge in [-0.2, -0.15) is 0 Å². The number of carbonyl (C=O) groups is 1. The summed E-state index contributed by atoms with van der Waals surface area (Å²) in [6.07, 6.45) is 0. The van der Waals surface area contributed by atoms with Crippen LogP contribution in [0.25, 0.3) is 0 Å².